The molecule has 1 amide bonds. The van der Waals surface area contributed by atoms with Gasteiger partial charge in [-0.2, -0.15) is 0 Å². The van der Waals surface area contributed by atoms with Crippen molar-refractivity contribution < 1.29 is 14.3 Å². The highest BCUT2D eigenvalue weighted by atomic mass is 16.5. The Morgan fingerprint density at radius 2 is 2.14 bits per heavy atom. The molecule has 0 spiro atoms. The van der Waals surface area contributed by atoms with E-state index in [-0.39, 0.29) is 12.1 Å². The van der Waals surface area contributed by atoms with Crippen molar-refractivity contribution in [1.82, 2.24) is 10.2 Å². The van der Waals surface area contributed by atoms with Crippen LogP contribution >= 0.6 is 0 Å². The highest BCUT2D eigenvalue weighted by molar-refractivity contribution is 5.67. The van der Waals surface area contributed by atoms with Gasteiger partial charge in [-0.3, -0.25) is 4.90 Å². The number of carbonyl (C=O) groups is 1. The fourth-order valence-corrected chi connectivity index (χ4v) is 2.82. The van der Waals surface area contributed by atoms with E-state index in [1.165, 1.54) is 0 Å². The van der Waals surface area contributed by atoms with Gasteiger partial charge in [-0.1, -0.05) is 30.3 Å². The standard InChI is InChI=1S/C16H22N2O3/c19-16(21-10-13-5-2-1-3-6-13)17-14-7-4-8-18(9-14)15-11-20-12-15/h1-3,5-6,14-15H,4,7-12H2,(H,17,19). The zero-order valence-corrected chi connectivity index (χ0v) is 12.2. The summed E-state index contributed by atoms with van der Waals surface area (Å²) in [6.07, 6.45) is 1.81. The Morgan fingerprint density at radius 1 is 1.33 bits per heavy atom. The van der Waals surface area contributed by atoms with Crippen molar-refractivity contribution >= 4 is 6.09 Å². The van der Waals surface area contributed by atoms with E-state index in [0.717, 1.165) is 44.7 Å². The van der Waals surface area contributed by atoms with Gasteiger partial charge >= 0.3 is 6.09 Å². The quantitative estimate of drug-likeness (QED) is 0.918. The summed E-state index contributed by atoms with van der Waals surface area (Å²) in [7, 11) is 0. The van der Waals surface area contributed by atoms with Gasteiger partial charge in [0.1, 0.15) is 6.61 Å². The van der Waals surface area contributed by atoms with E-state index in [9.17, 15) is 4.79 Å². The second-order valence-corrected chi connectivity index (χ2v) is 5.73. The molecular formula is C16H22N2O3. The average molecular weight is 290 g/mol. The van der Waals surface area contributed by atoms with Crippen molar-refractivity contribution in [3.63, 3.8) is 0 Å². The fraction of sp³-hybridized carbons (Fsp3) is 0.562. The van der Waals surface area contributed by atoms with E-state index in [1.54, 1.807) is 0 Å². The minimum atomic E-state index is -0.324. The van der Waals surface area contributed by atoms with Crippen LogP contribution in [0.4, 0.5) is 4.79 Å². The lowest BCUT2D eigenvalue weighted by molar-refractivity contribution is -0.0730. The number of piperidine rings is 1. The minimum Gasteiger partial charge on any atom is -0.445 e. The Morgan fingerprint density at radius 3 is 2.86 bits per heavy atom. The maximum atomic E-state index is 11.9. The maximum absolute atomic E-state index is 11.9. The summed E-state index contributed by atoms with van der Waals surface area (Å²) in [5, 5.41) is 2.98. The number of hydrogen-bond acceptors (Lipinski definition) is 4. The number of benzene rings is 1. The summed E-state index contributed by atoms with van der Waals surface area (Å²) in [4.78, 5) is 14.3. The molecule has 1 atom stereocenters. The minimum absolute atomic E-state index is 0.183. The SMILES string of the molecule is O=C(NC1CCCN(C2COC2)C1)OCc1ccccc1. The van der Waals surface area contributed by atoms with Gasteiger partial charge in [-0.15, -0.1) is 0 Å². The number of hydrogen-bond donors (Lipinski definition) is 1. The molecule has 5 nitrogen and oxygen atoms in total. The largest absolute Gasteiger partial charge is 0.445 e. The van der Waals surface area contributed by atoms with E-state index in [1.807, 2.05) is 30.3 Å². The molecule has 3 rings (SSSR count). The number of alkyl carbamates (subject to hydrolysis) is 1. The summed E-state index contributed by atoms with van der Waals surface area (Å²) in [5.74, 6) is 0. The van der Waals surface area contributed by atoms with Crippen LogP contribution in [0.25, 0.3) is 0 Å². The summed E-state index contributed by atoms with van der Waals surface area (Å²) in [5.41, 5.74) is 1.00. The van der Waals surface area contributed by atoms with E-state index >= 15 is 0 Å². The molecule has 2 saturated heterocycles. The number of nitrogens with one attached hydrogen (secondary N) is 1. The highest BCUT2D eigenvalue weighted by Crippen LogP contribution is 2.17. The van der Waals surface area contributed by atoms with Crippen LogP contribution in [0, 0.1) is 0 Å². The molecule has 1 aromatic carbocycles. The summed E-state index contributed by atoms with van der Waals surface area (Å²) in [6, 6.07) is 10.5. The lowest BCUT2D eigenvalue weighted by Crippen LogP contribution is -2.56. The number of carbonyl (C=O) groups excluding carboxylic acids is 1. The van der Waals surface area contributed by atoms with Crippen LogP contribution in [-0.4, -0.2) is 49.4 Å². The first-order valence-electron chi connectivity index (χ1n) is 7.60. The number of likely N-dealkylation sites (tertiary alicyclic amines) is 1. The molecule has 21 heavy (non-hydrogen) atoms. The van der Waals surface area contributed by atoms with Crippen LogP contribution in [-0.2, 0) is 16.1 Å². The van der Waals surface area contributed by atoms with Crippen molar-refractivity contribution in [1.29, 1.82) is 0 Å². The molecule has 0 aliphatic carbocycles. The molecule has 0 radical (unpaired) electrons. The first-order chi connectivity index (χ1) is 10.3. The van der Waals surface area contributed by atoms with Crippen molar-refractivity contribution in [3.05, 3.63) is 35.9 Å². The van der Waals surface area contributed by atoms with Gasteiger partial charge in [0.05, 0.1) is 19.3 Å². The van der Waals surface area contributed by atoms with Crippen molar-refractivity contribution in [2.45, 2.75) is 31.5 Å². The molecule has 0 aromatic heterocycles. The van der Waals surface area contributed by atoms with Crippen molar-refractivity contribution in [2.24, 2.45) is 0 Å². The molecule has 0 bridgehead atoms. The molecule has 1 unspecified atom stereocenters. The smallest absolute Gasteiger partial charge is 0.407 e. The number of rotatable bonds is 4. The summed E-state index contributed by atoms with van der Waals surface area (Å²) in [6.45, 7) is 3.97. The molecule has 2 aliphatic heterocycles. The predicted molar refractivity (Wildman–Crippen MR) is 79.0 cm³/mol. The molecule has 2 heterocycles. The normalized spacial score (nSPS) is 23.3. The molecule has 114 valence electrons. The van der Waals surface area contributed by atoms with Crippen LogP contribution < -0.4 is 5.32 Å². The second kappa shape index (κ2) is 6.91. The molecule has 0 saturated carbocycles. The van der Waals surface area contributed by atoms with Crippen molar-refractivity contribution in [3.8, 4) is 0 Å². The van der Waals surface area contributed by atoms with Gasteiger partial charge in [0.15, 0.2) is 0 Å². The first kappa shape index (κ1) is 14.4. The second-order valence-electron chi connectivity index (χ2n) is 5.73. The predicted octanol–water partition coefficient (Wildman–Crippen LogP) is 1.78. The number of amides is 1. The molecule has 5 heteroatoms. The van der Waals surface area contributed by atoms with Gasteiger partial charge in [0.25, 0.3) is 0 Å². The topological polar surface area (TPSA) is 50.8 Å². The van der Waals surface area contributed by atoms with Gasteiger partial charge in [0, 0.05) is 12.6 Å². The Bertz CT molecular complexity index is 462. The Kier molecular flexibility index (Phi) is 4.72. The van der Waals surface area contributed by atoms with Gasteiger partial charge in [-0.25, -0.2) is 4.79 Å². The van der Waals surface area contributed by atoms with E-state index in [4.69, 9.17) is 9.47 Å². The number of nitrogens with zero attached hydrogens (tertiary/aromatic N) is 1. The molecule has 2 fully saturated rings. The summed E-state index contributed by atoms with van der Waals surface area (Å²) >= 11 is 0. The van der Waals surface area contributed by atoms with Crippen LogP contribution in [0.5, 0.6) is 0 Å². The zero-order valence-electron chi connectivity index (χ0n) is 12.2. The monoisotopic (exact) mass is 290 g/mol. The lowest BCUT2D eigenvalue weighted by Gasteiger charge is -2.42. The van der Waals surface area contributed by atoms with Gasteiger partial charge in [0.2, 0.25) is 0 Å². The zero-order chi connectivity index (χ0) is 14.5. The maximum Gasteiger partial charge on any atom is 0.407 e. The average Bonchev–Trinajstić information content (AvgIpc) is 2.45. The molecular weight excluding hydrogens is 268 g/mol. The van der Waals surface area contributed by atoms with Crippen LogP contribution in [0.2, 0.25) is 0 Å². The summed E-state index contributed by atoms with van der Waals surface area (Å²) < 4.78 is 10.5. The van der Waals surface area contributed by atoms with Crippen LogP contribution in [0.1, 0.15) is 18.4 Å². The van der Waals surface area contributed by atoms with E-state index in [0.29, 0.717) is 12.6 Å². The molecule has 2 aliphatic rings. The van der Waals surface area contributed by atoms with Gasteiger partial charge < -0.3 is 14.8 Å². The lowest BCUT2D eigenvalue weighted by atomic mass is 10.0. The van der Waals surface area contributed by atoms with Gasteiger partial charge in [-0.05, 0) is 24.9 Å². The Labute approximate surface area is 125 Å². The van der Waals surface area contributed by atoms with E-state index in [2.05, 4.69) is 10.2 Å². The third-order valence-electron chi connectivity index (χ3n) is 4.12. The Balaban J connectivity index is 1.41. The van der Waals surface area contributed by atoms with Crippen molar-refractivity contribution in [2.75, 3.05) is 26.3 Å². The Hall–Kier alpha value is -1.59. The highest BCUT2D eigenvalue weighted by Gasteiger charge is 2.30. The number of ether oxygens (including phenoxy) is 2. The third-order valence-corrected chi connectivity index (χ3v) is 4.12. The van der Waals surface area contributed by atoms with Crippen LogP contribution in [0.3, 0.4) is 0 Å². The van der Waals surface area contributed by atoms with E-state index < -0.39 is 0 Å². The third kappa shape index (κ3) is 3.95. The fourth-order valence-electron chi connectivity index (χ4n) is 2.82. The first-order valence-corrected chi connectivity index (χ1v) is 7.60. The van der Waals surface area contributed by atoms with Crippen LogP contribution in [0.15, 0.2) is 30.3 Å². The molecule has 1 N–H and O–H groups in total. The molecule has 1 aromatic rings.